The number of carbonyl (C=O) groups excluding carboxylic acids is 2. The number of hydrogen-bond donors (Lipinski definition) is 1. The van der Waals surface area contributed by atoms with Crippen LogP contribution in [0.25, 0.3) is 0 Å². The number of alkyl carbamates (subject to hydrolysis) is 1. The maximum Gasteiger partial charge on any atom is 0.408 e. The Kier molecular flexibility index (Phi) is 6.78. The van der Waals surface area contributed by atoms with Gasteiger partial charge >= 0.3 is 6.09 Å². The van der Waals surface area contributed by atoms with Gasteiger partial charge in [0.2, 0.25) is 0 Å². The third-order valence-corrected chi connectivity index (χ3v) is 7.60. The zero-order chi connectivity index (χ0) is 18.5. The molecule has 0 saturated carbocycles. The van der Waals surface area contributed by atoms with E-state index in [-0.39, 0.29) is 11.3 Å². The first-order valence-corrected chi connectivity index (χ1v) is 11.6. The van der Waals surface area contributed by atoms with Gasteiger partial charge in [0, 0.05) is 0 Å². The van der Waals surface area contributed by atoms with Gasteiger partial charge in [0.15, 0.2) is 8.07 Å². The highest BCUT2D eigenvalue weighted by Crippen LogP contribution is 2.17. The molecule has 0 saturated heterocycles. The molecule has 0 aromatic heterocycles. The third-order valence-electron chi connectivity index (χ3n) is 4.28. The van der Waals surface area contributed by atoms with Crippen molar-refractivity contribution in [3.05, 3.63) is 30.3 Å². The topological polar surface area (TPSA) is 55.4 Å². The van der Waals surface area contributed by atoms with Gasteiger partial charge in [-0.05, 0) is 26.7 Å². The lowest BCUT2D eigenvalue weighted by atomic mass is 10.0. The number of ether oxygens (including phenoxy) is 1. The van der Waals surface area contributed by atoms with E-state index in [4.69, 9.17) is 4.74 Å². The summed E-state index contributed by atoms with van der Waals surface area (Å²) >= 11 is 0. The minimum absolute atomic E-state index is 0.0560. The van der Waals surface area contributed by atoms with Crippen molar-refractivity contribution in [3.63, 3.8) is 0 Å². The van der Waals surface area contributed by atoms with E-state index >= 15 is 0 Å². The van der Waals surface area contributed by atoms with Crippen LogP contribution in [0.5, 0.6) is 0 Å². The average molecular weight is 350 g/mol. The van der Waals surface area contributed by atoms with E-state index in [1.807, 2.05) is 78.0 Å². The summed E-state index contributed by atoms with van der Waals surface area (Å²) in [5.74, 6) is 0.0560. The molecule has 134 valence electrons. The van der Waals surface area contributed by atoms with Crippen LogP contribution in [0.2, 0.25) is 13.1 Å². The normalized spacial score (nSPS) is 14.6. The molecular formula is C19H31NO3Si. The van der Waals surface area contributed by atoms with E-state index in [9.17, 15) is 9.59 Å². The maximum absolute atomic E-state index is 13.3. The zero-order valence-corrected chi connectivity index (χ0v) is 17.0. The van der Waals surface area contributed by atoms with Gasteiger partial charge in [0.1, 0.15) is 11.0 Å². The summed E-state index contributed by atoms with van der Waals surface area (Å²) in [5, 5.41) is 4.04. The van der Waals surface area contributed by atoms with E-state index < -0.39 is 25.8 Å². The van der Waals surface area contributed by atoms with Crippen LogP contribution in [0.1, 0.15) is 41.0 Å². The van der Waals surface area contributed by atoms with Gasteiger partial charge in [0.25, 0.3) is 0 Å². The third kappa shape index (κ3) is 5.48. The van der Waals surface area contributed by atoms with Crippen LogP contribution < -0.4 is 10.5 Å². The zero-order valence-electron chi connectivity index (χ0n) is 16.0. The highest BCUT2D eigenvalue weighted by atomic mass is 28.3. The van der Waals surface area contributed by atoms with Gasteiger partial charge in [-0.15, -0.1) is 0 Å². The van der Waals surface area contributed by atoms with E-state index in [0.29, 0.717) is 0 Å². The lowest BCUT2D eigenvalue weighted by molar-refractivity contribution is -0.115. The second-order valence-electron chi connectivity index (χ2n) is 7.86. The van der Waals surface area contributed by atoms with Gasteiger partial charge < -0.3 is 14.8 Å². The first-order valence-electron chi connectivity index (χ1n) is 8.58. The molecule has 0 spiro atoms. The molecule has 24 heavy (non-hydrogen) atoms. The van der Waals surface area contributed by atoms with Crippen LogP contribution in [-0.2, 0) is 9.53 Å². The highest BCUT2D eigenvalue weighted by molar-refractivity contribution is 7.13. The van der Waals surface area contributed by atoms with Crippen LogP contribution in [0.3, 0.4) is 0 Å². The fourth-order valence-electron chi connectivity index (χ4n) is 2.52. The second-order valence-corrected chi connectivity index (χ2v) is 12.2. The highest BCUT2D eigenvalue weighted by Gasteiger charge is 2.40. The van der Waals surface area contributed by atoms with Crippen molar-refractivity contribution >= 4 is 24.8 Å². The van der Waals surface area contributed by atoms with Gasteiger partial charge in [-0.3, -0.25) is 0 Å². The summed E-state index contributed by atoms with van der Waals surface area (Å²) in [6, 6.07) is 9.35. The van der Waals surface area contributed by atoms with E-state index in [1.165, 1.54) is 0 Å². The summed E-state index contributed by atoms with van der Waals surface area (Å²) in [7, 11) is -2.36. The first kappa shape index (κ1) is 20.4. The Morgan fingerprint density at radius 2 is 1.71 bits per heavy atom. The number of rotatable bonds is 6. The van der Waals surface area contributed by atoms with Crippen LogP contribution >= 0.6 is 0 Å². The minimum atomic E-state index is -2.36. The number of carbonyl (C=O) groups is 2. The molecule has 2 atom stereocenters. The molecule has 1 N–H and O–H groups in total. The lowest BCUT2D eigenvalue weighted by Crippen LogP contribution is -2.60. The maximum atomic E-state index is 13.3. The number of nitrogens with one attached hydrogen (secondary N) is 1. The molecule has 5 heteroatoms. The average Bonchev–Trinajstić information content (AvgIpc) is 2.50. The lowest BCUT2D eigenvalue weighted by Gasteiger charge is -2.31. The van der Waals surface area contributed by atoms with Crippen LogP contribution in [0.15, 0.2) is 30.3 Å². The Labute approximate surface area is 147 Å². The van der Waals surface area contributed by atoms with E-state index in [1.54, 1.807) is 0 Å². The molecule has 1 aromatic rings. The molecule has 0 heterocycles. The minimum Gasteiger partial charge on any atom is -0.444 e. The summed E-state index contributed by atoms with van der Waals surface area (Å²) in [5.41, 5.74) is -0.584. The Hall–Kier alpha value is -1.62. The van der Waals surface area contributed by atoms with Crippen LogP contribution in [0, 0.1) is 5.92 Å². The fraction of sp³-hybridized carbons (Fsp3) is 0.579. The van der Waals surface area contributed by atoms with Crippen molar-refractivity contribution < 1.29 is 14.3 Å². The largest absolute Gasteiger partial charge is 0.444 e. The molecule has 1 aromatic carbocycles. The summed E-state index contributed by atoms with van der Waals surface area (Å²) in [6.45, 7) is 13.5. The van der Waals surface area contributed by atoms with Crippen molar-refractivity contribution in [3.8, 4) is 0 Å². The fourth-order valence-corrected chi connectivity index (χ4v) is 4.97. The quantitative estimate of drug-likeness (QED) is 0.798. The predicted octanol–water partition coefficient (Wildman–Crippen LogP) is 3.65. The molecule has 4 nitrogen and oxygen atoms in total. The van der Waals surface area contributed by atoms with Crippen molar-refractivity contribution in [2.75, 3.05) is 0 Å². The molecule has 0 fully saturated rings. The smallest absolute Gasteiger partial charge is 0.408 e. The first-order chi connectivity index (χ1) is 11.0. The van der Waals surface area contributed by atoms with Crippen LogP contribution in [0.4, 0.5) is 4.79 Å². The molecule has 0 radical (unpaired) electrons. The molecule has 0 aliphatic heterocycles. The standard InChI is InChI=1S/C19H31NO3Si/c1-8-14(2)16(20-18(22)23-19(3,4)5)17(21)24(6,7)15-12-10-9-11-13-15/h9-14,16H,8H2,1-7H3,(H,20,22)/t14?,16-/m0/s1. The Morgan fingerprint density at radius 3 is 2.17 bits per heavy atom. The van der Waals surface area contributed by atoms with Gasteiger partial charge in [-0.25, -0.2) is 4.79 Å². The van der Waals surface area contributed by atoms with Crippen molar-refractivity contribution in [2.45, 2.75) is 65.8 Å². The van der Waals surface area contributed by atoms with Crippen molar-refractivity contribution in [1.29, 1.82) is 0 Å². The molecule has 0 aliphatic carbocycles. The SMILES string of the molecule is CCC(C)[C@H](NC(=O)OC(C)(C)C)C(=O)[Si](C)(C)c1ccccc1. The summed E-state index contributed by atoms with van der Waals surface area (Å²) in [6.07, 6.45) is 0.282. The molecule has 1 unspecified atom stereocenters. The van der Waals surface area contributed by atoms with Gasteiger partial charge in [0.05, 0.1) is 6.04 Å². The van der Waals surface area contributed by atoms with Crippen molar-refractivity contribution in [2.24, 2.45) is 5.92 Å². The molecule has 0 bridgehead atoms. The Morgan fingerprint density at radius 1 is 1.17 bits per heavy atom. The number of benzene rings is 1. The molecular weight excluding hydrogens is 318 g/mol. The molecule has 1 rings (SSSR count). The molecule has 1 amide bonds. The van der Waals surface area contributed by atoms with E-state index in [0.717, 1.165) is 11.6 Å². The van der Waals surface area contributed by atoms with E-state index in [2.05, 4.69) is 5.32 Å². The monoisotopic (exact) mass is 349 g/mol. The number of amides is 1. The van der Waals surface area contributed by atoms with Crippen molar-refractivity contribution in [1.82, 2.24) is 5.32 Å². The Balaban J connectivity index is 3.03. The number of hydrogen-bond acceptors (Lipinski definition) is 3. The Bertz CT molecular complexity index is 564. The molecule has 0 aliphatic rings. The van der Waals surface area contributed by atoms with Gasteiger partial charge in [-0.2, -0.15) is 0 Å². The predicted molar refractivity (Wildman–Crippen MR) is 101 cm³/mol. The van der Waals surface area contributed by atoms with Gasteiger partial charge in [-0.1, -0.05) is 68.9 Å². The van der Waals surface area contributed by atoms with Crippen LogP contribution in [-0.4, -0.2) is 31.2 Å². The second kappa shape index (κ2) is 7.97. The summed E-state index contributed by atoms with van der Waals surface area (Å²) in [4.78, 5) is 25.4. The summed E-state index contributed by atoms with van der Waals surface area (Å²) < 4.78 is 5.34.